The van der Waals surface area contributed by atoms with E-state index in [-0.39, 0.29) is 30.1 Å². The Morgan fingerprint density at radius 3 is 2.59 bits per heavy atom. The predicted molar refractivity (Wildman–Crippen MR) is 108 cm³/mol. The monoisotopic (exact) mass is 446 g/mol. The van der Waals surface area contributed by atoms with Gasteiger partial charge in [0.2, 0.25) is 0 Å². The molecule has 8 heteroatoms. The van der Waals surface area contributed by atoms with E-state index in [0.717, 1.165) is 0 Å². The van der Waals surface area contributed by atoms with Crippen LogP contribution in [0.25, 0.3) is 0 Å². The predicted octanol–water partition coefficient (Wildman–Crippen LogP) is 1.07. The van der Waals surface area contributed by atoms with Crippen LogP contribution in [0.15, 0.2) is 11.6 Å². The molecule has 2 spiro atoms. The van der Waals surface area contributed by atoms with Crippen molar-refractivity contribution in [2.24, 2.45) is 28.6 Å². The van der Waals surface area contributed by atoms with Crippen LogP contribution in [0.4, 0.5) is 0 Å². The maximum absolute atomic E-state index is 13.1. The van der Waals surface area contributed by atoms with E-state index in [9.17, 15) is 24.6 Å². The van der Waals surface area contributed by atoms with E-state index < -0.39 is 52.1 Å². The van der Waals surface area contributed by atoms with Gasteiger partial charge in [-0.2, -0.15) is 0 Å². The first-order valence-corrected chi connectivity index (χ1v) is 11.6. The highest BCUT2D eigenvalue weighted by atomic mass is 16.6. The molecule has 6 aliphatic rings. The van der Waals surface area contributed by atoms with Gasteiger partial charge in [-0.1, -0.05) is 13.8 Å². The lowest BCUT2D eigenvalue weighted by molar-refractivity contribution is -0.180. The molecule has 2 saturated heterocycles. The van der Waals surface area contributed by atoms with Crippen LogP contribution in [0.3, 0.4) is 0 Å². The van der Waals surface area contributed by atoms with Gasteiger partial charge in [0.15, 0.2) is 11.9 Å². The van der Waals surface area contributed by atoms with E-state index in [4.69, 9.17) is 14.2 Å². The summed E-state index contributed by atoms with van der Waals surface area (Å²) in [4.78, 5) is 37.6. The van der Waals surface area contributed by atoms with Crippen LogP contribution in [0, 0.1) is 28.6 Å². The number of rotatable bonds is 1. The number of aliphatic hydroxyl groups is 2. The summed E-state index contributed by atoms with van der Waals surface area (Å²) in [7, 11) is 1.31. The zero-order chi connectivity index (χ0) is 22.8. The fourth-order valence-electron chi connectivity index (χ4n) is 8.74. The first kappa shape index (κ1) is 20.8. The van der Waals surface area contributed by atoms with Gasteiger partial charge >= 0.3 is 11.9 Å². The van der Waals surface area contributed by atoms with Gasteiger partial charge in [0.05, 0.1) is 25.2 Å². The van der Waals surface area contributed by atoms with Crippen molar-refractivity contribution < 1.29 is 38.8 Å². The maximum atomic E-state index is 13.1. The average molecular weight is 446 g/mol. The third-order valence-electron chi connectivity index (χ3n) is 10.3. The molecule has 2 aliphatic heterocycles. The van der Waals surface area contributed by atoms with Crippen LogP contribution in [0.1, 0.15) is 52.4 Å². The summed E-state index contributed by atoms with van der Waals surface area (Å²) in [6.45, 7) is 4.14. The molecule has 1 unspecified atom stereocenters. The Morgan fingerprint density at radius 2 is 1.94 bits per heavy atom. The van der Waals surface area contributed by atoms with Gasteiger partial charge in [-0.3, -0.25) is 9.59 Å². The number of carbonyl (C=O) groups is 3. The normalized spacial score (nSPS) is 55.3. The minimum atomic E-state index is -1.14. The highest BCUT2D eigenvalue weighted by molar-refractivity contribution is 5.92. The Bertz CT molecular complexity index is 973. The number of hydrogen-bond acceptors (Lipinski definition) is 8. The molecule has 2 heterocycles. The molecule has 0 aromatic rings. The van der Waals surface area contributed by atoms with E-state index in [2.05, 4.69) is 13.8 Å². The summed E-state index contributed by atoms with van der Waals surface area (Å²) in [6.07, 6.45) is 2.23. The fourth-order valence-corrected chi connectivity index (χ4v) is 8.74. The van der Waals surface area contributed by atoms with Crippen molar-refractivity contribution in [2.75, 3.05) is 7.11 Å². The van der Waals surface area contributed by atoms with Crippen molar-refractivity contribution in [3.8, 4) is 0 Å². The molecule has 4 aliphatic carbocycles. The van der Waals surface area contributed by atoms with Crippen molar-refractivity contribution in [1.29, 1.82) is 0 Å². The highest BCUT2D eigenvalue weighted by Crippen LogP contribution is 2.78. The third kappa shape index (κ3) is 2.08. The van der Waals surface area contributed by atoms with Gasteiger partial charge in [0.1, 0.15) is 11.2 Å². The number of ketones is 1. The number of methoxy groups -OCH3 is 1. The number of carbonyl (C=O) groups excluding carboxylic acids is 3. The summed E-state index contributed by atoms with van der Waals surface area (Å²) in [6, 6.07) is 0. The first-order valence-electron chi connectivity index (χ1n) is 11.6. The summed E-state index contributed by atoms with van der Waals surface area (Å²) in [5.74, 6) is -2.40. The maximum Gasteiger partial charge on any atom is 0.335 e. The molecule has 3 saturated carbocycles. The summed E-state index contributed by atoms with van der Waals surface area (Å²) in [5.41, 5.74) is -1.92. The molecule has 0 aromatic heterocycles. The van der Waals surface area contributed by atoms with Gasteiger partial charge < -0.3 is 24.4 Å². The quantitative estimate of drug-likeness (QED) is 0.453. The molecule has 5 fully saturated rings. The standard InChI is InChI=1S/C24H30O8/c1-21-6-4-11(25)8-13(21)18(27)16(20(29)30-3)17-12-5-7-23(9-14(26)19(28)32-23)22(12,2)10-15-24(17,21)31-15/h8,12,14-18,26-27H,4-7,9-10H2,1-3H3/t12-,14?,15+,16-,17+,18-,21-,22-,23+,24+/m0/s1. The lowest BCUT2D eigenvalue weighted by atomic mass is 9.43. The smallest absolute Gasteiger partial charge is 0.335 e. The molecule has 0 amide bonds. The zero-order valence-corrected chi connectivity index (χ0v) is 18.6. The molecule has 10 atom stereocenters. The lowest BCUT2D eigenvalue weighted by Crippen LogP contribution is -2.66. The Kier molecular flexibility index (Phi) is 3.91. The van der Waals surface area contributed by atoms with Crippen LogP contribution in [-0.2, 0) is 28.6 Å². The number of esters is 2. The molecule has 32 heavy (non-hydrogen) atoms. The minimum absolute atomic E-state index is 0.0421. The van der Waals surface area contributed by atoms with Crippen LogP contribution >= 0.6 is 0 Å². The molecular formula is C24H30O8. The first-order chi connectivity index (χ1) is 15.0. The van der Waals surface area contributed by atoms with Gasteiger partial charge in [-0.15, -0.1) is 0 Å². The largest absolute Gasteiger partial charge is 0.469 e. The Labute approximate surface area is 186 Å². The average Bonchev–Trinajstić information content (AvgIpc) is 3.31. The van der Waals surface area contributed by atoms with E-state index in [0.29, 0.717) is 37.7 Å². The molecule has 0 bridgehead atoms. The number of epoxide rings is 1. The van der Waals surface area contributed by atoms with Gasteiger partial charge in [-0.05, 0) is 43.3 Å². The number of aliphatic hydroxyl groups excluding tert-OH is 2. The second kappa shape index (κ2) is 6.02. The van der Waals surface area contributed by atoms with E-state index in [1.165, 1.54) is 13.2 Å². The van der Waals surface area contributed by atoms with Crippen LogP contribution in [0.2, 0.25) is 0 Å². The summed E-state index contributed by atoms with van der Waals surface area (Å²) >= 11 is 0. The summed E-state index contributed by atoms with van der Waals surface area (Å²) < 4.78 is 17.5. The van der Waals surface area contributed by atoms with Gasteiger partial charge in [-0.25, -0.2) is 4.79 Å². The van der Waals surface area contributed by atoms with E-state index in [1.807, 2.05) is 0 Å². The Hall–Kier alpha value is -1.77. The molecule has 0 aromatic carbocycles. The van der Waals surface area contributed by atoms with Crippen molar-refractivity contribution in [1.82, 2.24) is 0 Å². The third-order valence-corrected chi connectivity index (χ3v) is 10.3. The molecular weight excluding hydrogens is 416 g/mol. The van der Waals surface area contributed by atoms with Gasteiger partial charge in [0, 0.05) is 29.6 Å². The SMILES string of the molecule is COC(=O)[C@H]1[C@H]2[C@@H]3CC[C@@]4(CC(O)C(=O)O4)[C@@]3(C)C[C@H]3O[C@@]23[C@@]2(C)CCC(=O)C=C2[C@@H]1O. The van der Waals surface area contributed by atoms with Crippen LogP contribution < -0.4 is 0 Å². The lowest BCUT2D eigenvalue weighted by Gasteiger charge is -2.59. The van der Waals surface area contributed by atoms with E-state index >= 15 is 0 Å². The fraction of sp³-hybridized carbons (Fsp3) is 0.792. The second-order valence-electron chi connectivity index (χ2n) is 11.2. The molecule has 174 valence electrons. The van der Waals surface area contributed by atoms with Crippen LogP contribution in [-0.4, -0.2) is 64.6 Å². The summed E-state index contributed by atoms with van der Waals surface area (Å²) in [5, 5.41) is 21.7. The number of fused-ring (bicyclic) bond motifs is 4. The van der Waals surface area contributed by atoms with Gasteiger partial charge in [0.25, 0.3) is 0 Å². The van der Waals surface area contributed by atoms with E-state index in [1.54, 1.807) is 0 Å². The minimum Gasteiger partial charge on any atom is -0.469 e. The zero-order valence-electron chi connectivity index (χ0n) is 18.6. The Morgan fingerprint density at radius 1 is 1.19 bits per heavy atom. The van der Waals surface area contributed by atoms with Crippen LogP contribution in [0.5, 0.6) is 0 Å². The second-order valence-corrected chi connectivity index (χ2v) is 11.2. The molecule has 6 rings (SSSR count). The number of hydrogen-bond donors (Lipinski definition) is 2. The topological polar surface area (TPSA) is 123 Å². The molecule has 2 N–H and O–H groups in total. The molecule has 0 radical (unpaired) electrons. The highest BCUT2D eigenvalue weighted by Gasteiger charge is 2.85. The van der Waals surface area contributed by atoms with Crippen molar-refractivity contribution >= 4 is 17.7 Å². The Balaban J connectivity index is 1.51. The van der Waals surface area contributed by atoms with Crippen molar-refractivity contribution in [3.63, 3.8) is 0 Å². The van der Waals surface area contributed by atoms with Crippen molar-refractivity contribution in [2.45, 2.75) is 81.9 Å². The van der Waals surface area contributed by atoms with Crippen molar-refractivity contribution in [3.05, 3.63) is 11.6 Å². The number of ether oxygens (including phenoxy) is 3. The molecule has 8 nitrogen and oxygen atoms in total.